The molecule has 0 radical (unpaired) electrons. The highest BCUT2D eigenvalue weighted by Crippen LogP contribution is 2.21. The Balaban J connectivity index is 1.75. The van der Waals surface area contributed by atoms with Gasteiger partial charge in [0, 0.05) is 0 Å². The molecule has 116 valence electrons. The molecule has 5 heteroatoms. The molecule has 2 unspecified atom stereocenters. The number of ether oxygens (including phenoxy) is 2. The fraction of sp³-hybridized carbons (Fsp3) is 0.562. The number of amides is 1. The first-order valence-electron chi connectivity index (χ1n) is 7.60. The lowest BCUT2D eigenvalue weighted by Gasteiger charge is -2.14. The van der Waals surface area contributed by atoms with Crippen LogP contribution in [0.2, 0.25) is 0 Å². The van der Waals surface area contributed by atoms with Gasteiger partial charge in [-0.3, -0.25) is 10.2 Å². The van der Waals surface area contributed by atoms with E-state index in [2.05, 4.69) is 24.5 Å². The van der Waals surface area contributed by atoms with Gasteiger partial charge >= 0.3 is 0 Å². The molecule has 21 heavy (non-hydrogen) atoms. The van der Waals surface area contributed by atoms with Gasteiger partial charge in [0.15, 0.2) is 0 Å². The SMILES string of the molecule is CCCCc1ccc(OCC2CCC(C(=O)NN)O2)cc1. The van der Waals surface area contributed by atoms with Crippen molar-refractivity contribution < 1.29 is 14.3 Å². The normalized spacial score (nSPS) is 21.2. The number of nitrogens with one attached hydrogen (secondary N) is 1. The molecule has 0 spiro atoms. The molecule has 1 saturated heterocycles. The number of benzene rings is 1. The number of hydrogen-bond acceptors (Lipinski definition) is 4. The average Bonchev–Trinajstić information content (AvgIpc) is 3.00. The van der Waals surface area contributed by atoms with Crippen molar-refractivity contribution in [3.8, 4) is 5.75 Å². The smallest absolute Gasteiger partial charge is 0.263 e. The van der Waals surface area contributed by atoms with Crippen LogP contribution in [-0.4, -0.2) is 24.7 Å². The van der Waals surface area contributed by atoms with Gasteiger partial charge in [0.05, 0.1) is 6.10 Å². The molecule has 0 bridgehead atoms. The van der Waals surface area contributed by atoms with E-state index in [0.29, 0.717) is 13.0 Å². The maximum atomic E-state index is 11.4. The Kier molecular flexibility index (Phi) is 6.02. The summed E-state index contributed by atoms with van der Waals surface area (Å²) in [6.45, 7) is 2.65. The minimum atomic E-state index is -0.444. The Morgan fingerprint density at radius 2 is 2.14 bits per heavy atom. The number of rotatable bonds is 7. The van der Waals surface area contributed by atoms with Crippen LogP contribution in [0.4, 0.5) is 0 Å². The molecule has 1 aliphatic rings. The van der Waals surface area contributed by atoms with Crippen LogP contribution in [0, 0.1) is 0 Å². The highest BCUT2D eigenvalue weighted by atomic mass is 16.5. The van der Waals surface area contributed by atoms with E-state index in [1.54, 1.807) is 0 Å². The molecule has 0 saturated carbocycles. The van der Waals surface area contributed by atoms with Crippen molar-refractivity contribution in [3.63, 3.8) is 0 Å². The maximum absolute atomic E-state index is 11.4. The molecule has 5 nitrogen and oxygen atoms in total. The molecule has 0 aliphatic carbocycles. The minimum Gasteiger partial charge on any atom is -0.491 e. The Hall–Kier alpha value is -1.59. The van der Waals surface area contributed by atoms with E-state index in [1.165, 1.54) is 18.4 Å². The van der Waals surface area contributed by atoms with Crippen LogP contribution in [0.5, 0.6) is 5.75 Å². The van der Waals surface area contributed by atoms with E-state index >= 15 is 0 Å². The zero-order valence-electron chi connectivity index (χ0n) is 12.5. The van der Waals surface area contributed by atoms with Crippen LogP contribution >= 0.6 is 0 Å². The quantitative estimate of drug-likeness (QED) is 0.457. The van der Waals surface area contributed by atoms with Crippen molar-refractivity contribution in [2.75, 3.05) is 6.61 Å². The van der Waals surface area contributed by atoms with Gasteiger partial charge in [0.1, 0.15) is 18.5 Å². The monoisotopic (exact) mass is 292 g/mol. The Morgan fingerprint density at radius 1 is 1.38 bits per heavy atom. The summed E-state index contributed by atoms with van der Waals surface area (Å²) in [5.41, 5.74) is 3.45. The molecule has 1 aromatic carbocycles. The van der Waals surface area contributed by atoms with Crippen LogP contribution < -0.4 is 16.0 Å². The lowest BCUT2D eigenvalue weighted by molar-refractivity contribution is -0.132. The summed E-state index contributed by atoms with van der Waals surface area (Å²) in [4.78, 5) is 11.4. The van der Waals surface area contributed by atoms with E-state index < -0.39 is 6.10 Å². The van der Waals surface area contributed by atoms with E-state index in [1.807, 2.05) is 12.1 Å². The largest absolute Gasteiger partial charge is 0.491 e. The fourth-order valence-corrected chi connectivity index (χ4v) is 2.44. The molecule has 1 fully saturated rings. The van der Waals surface area contributed by atoms with Crippen LogP contribution in [-0.2, 0) is 16.0 Å². The van der Waals surface area contributed by atoms with E-state index in [0.717, 1.165) is 18.6 Å². The summed E-state index contributed by atoms with van der Waals surface area (Å²) in [5.74, 6) is 5.67. The van der Waals surface area contributed by atoms with Gasteiger partial charge in [-0.05, 0) is 43.4 Å². The van der Waals surface area contributed by atoms with Gasteiger partial charge in [0.2, 0.25) is 0 Å². The summed E-state index contributed by atoms with van der Waals surface area (Å²) in [6, 6.07) is 8.18. The number of aryl methyl sites for hydroxylation is 1. The Bertz CT molecular complexity index is 447. The summed E-state index contributed by atoms with van der Waals surface area (Å²) >= 11 is 0. The molecule has 1 heterocycles. The van der Waals surface area contributed by atoms with Gasteiger partial charge in [0.25, 0.3) is 5.91 Å². The topological polar surface area (TPSA) is 73.6 Å². The predicted molar refractivity (Wildman–Crippen MR) is 80.8 cm³/mol. The highest BCUT2D eigenvalue weighted by Gasteiger charge is 2.30. The second-order valence-electron chi connectivity index (χ2n) is 5.39. The van der Waals surface area contributed by atoms with Crippen LogP contribution in [0.1, 0.15) is 38.2 Å². The summed E-state index contributed by atoms with van der Waals surface area (Å²) in [7, 11) is 0. The molecule has 2 rings (SSSR count). The molecular weight excluding hydrogens is 268 g/mol. The standard InChI is InChI=1S/C16H24N2O3/c1-2-3-4-12-5-7-13(8-6-12)20-11-14-9-10-15(21-14)16(19)18-17/h5-8,14-15H,2-4,9-11,17H2,1H3,(H,18,19). The molecule has 1 aliphatic heterocycles. The Morgan fingerprint density at radius 3 is 2.81 bits per heavy atom. The van der Waals surface area contributed by atoms with E-state index in [9.17, 15) is 4.79 Å². The van der Waals surface area contributed by atoms with Crippen molar-refractivity contribution in [2.24, 2.45) is 5.84 Å². The predicted octanol–water partition coefficient (Wildman–Crippen LogP) is 1.95. The molecule has 1 amide bonds. The van der Waals surface area contributed by atoms with Crippen LogP contribution in [0.3, 0.4) is 0 Å². The molecule has 2 atom stereocenters. The van der Waals surface area contributed by atoms with Gasteiger partial charge in [-0.25, -0.2) is 5.84 Å². The lowest BCUT2D eigenvalue weighted by atomic mass is 10.1. The number of carbonyl (C=O) groups excluding carboxylic acids is 1. The second kappa shape index (κ2) is 8.00. The third-order valence-electron chi connectivity index (χ3n) is 3.72. The number of hydrogen-bond donors (Lipinski definition) is 2. The molecule has 1 aromatic rings. The second-order valence-corrected chi connectivity index (χ2v) is 5.39. The van der Waals surface area contributed by atoms with Gasteiger partial charge < -0.3 is 9.47 Å². The van der Waals surface area contributed by atoms with Crippen molar-refractivity contribution in [2.45, 2.75) is 51.2 Å². The lowest BCUT2D eigenvalue weighted by Crippen LogP contribution is -2.39. The van der Waals surface area contributed by atoms with Crippen molar-refractivity contribution in [1.82, 2.24) is 5.43 Å². The van der Waals surface area contributed by atoms with Gasteiger partial charge in [-0.1, -0.05) is 25.5 Å². The van der Waals surface area contributed by atoms with E-state index in [-0.39, 0.29) is 12.0 Å². The summed E-state index contributed by atoms with van der Waals surface area (Å²) in [6.07, 6.45) is 4.53. The number of unbranched alkanes of at least 4 members (excludes halogenated alkanes) is 1. The Labute approximate surface area is 125 Å². The third kappa shape index (κ3) is 4.72. The molecular formula is C16H24N2O3. The zero-order valence-corrected chi connectivity index (χ0v) is 12.5. The third-order valence-corrected chi connectivity index (χ3v) is 3.72. The summed E-state index contributed by atoms with van der Waals surface area (Å²) < 4.78 is 11.3. The van der Waals surface area contributed by atoms with E-state index in [4.69, 9.17) is 15.3 Å². The van der Waals surface area contributed by atoms with Crippen LogP contribution in [0.15, 0.2) is 24.3 Å². The van der Waals surface area contributed by atoms with Crippen molar-refractivity contribution >= 4 is 5.91 Å². The number of carbonyl (C=O) groups is 1. The van der Waals surface area contributed by atoms with Gasteiger partial charge in [-0.15, -0.1) is 0 Å². The molecule has 3 N–H and O–H groups in total. The minimum absolute atomic E-state index is 0.0490. The highest BCUT2D eigenvalue weighted by molar-refractivity contribution is 5.80. The maximum Gasteiger partial charge on any atom is 0.263 e. The average molecular weight is 292 g/mol. The first-order valence-corrected chi connectivity index (χ1v) is 7.60. The number of hydrazine groups is 1. The molecule has 0 aromatic heterocycles. The van der Waals surface area contributed by atoms with Crippen molar-refractivity contribution in [1.29, 1.82) is 0 Å². The zero-order chi connectivity index (χ0) is 15.1. The fourth-order valence-electron chi connectivity index (χ4n) is 2.44. The van der Waals surface area contributed by atoms with Gasteiger partial charge in [-0.2, -0.15) is 0 Å². The first-order chi connectivity index (χ1) is 10.2. The summed E-state index contributed by atoms with van der Waals surface area (Å²) in [5, 5.41) is 0. The van der Waals surface area contributed by atoms with Crippen LogP contribution in [0.25, 0.3) is 0 Å². The van der Waals surface area contributed by atoms with Crippen molar-refractivity contribution in [3.05, 3.63) is 29.8 Å². The first kappa shape index (κ1) is 15.8. The number of nitrogens with two attached hydrogens (primary N) is 1.